The van der Waals surface area contributed by atoms with E-state index in [1.165, 1.54) is 18.0 Å². The molecular formula is C16H13Cl3N2OS. The van der Waals surface area contributed by atoms with E-state index in [0.29, 0.717) is 26.4 Å². The molecule has 0 fully saturated rings. The van der Waals surface area contributed by atoms with Gasteiger partial charge in [0.05, 0.1) is 22.0 Å². The van der Waals surface area contributed by atoms with Crippen LogP contribution in [0.4, 0.5) is 0 Å². The van der Waals surface area contributed by atoms with Crippen molar-refractivity contribution in [2.75, 3.05) is 5.75 Å². The summed E-state index contributed by atoms with van der Waals surface area (Å²) in [5, 5.41) is 5.53. The van der Waals surface area contributed by atoms with Crippen LogP contribution in [0.15, 0.2) is 47.6 Å². The van der Waals surface area contributed by atoms with Crippen molar-refractivity contribution in [1.29, 1.82) is 0 Å². The number of benzene rings is 2. The molecule has 0 atom stereocenters. The largest absolute Gasteiger partial charge is 0.272 e. The maximum Gasteiger partial charge on any atom is 0.250 e. The standard InChI is InChI=1S/C16H13Cl3N2OS/c17-13-5-2-1-4-11(13)9-23-10-16(22)21-20-8-12-14(18)6-3-7-15(12)19/h1-8H,9-10H2,(H,21,22). The van der Waals surface area contributed by atoms with Crippen LogP contribution >= 0.6 is 46.6 Å². The van der Waals surface area contributed by atoms with Gasteiger partial charge in [0.2, 0.25) is 5.91 Å². The fraction of sp³-hybridized carbons (Fsp3) is 0.125. The van der Waals surface area contributed by atoms with Crippen LogP contribution in [0.25, 0.3) is 0 Å². The summed E-state index contributed by atoms with van der Waals surface area (Å²) in [5.41, 5.74) is 4.01. The van der Waals surface area contributed by atoms with Gasteiger partial charge in [0.1, 0.15) is 0 Å². The Balaban J connectivity index is 1.79. The molecule has 7 heteroatoms. The number of rotatable bonds is 6. The first-order chi connectivity index (χ1) is 11.1. The second-order valence-electron chi connectivity index (χ2n) is 4.51. The van der Waals surface area contributed by atoms with Crippen LogP contribution in [0.3, 0.4) is 0 Å². The summed E-state index contributed by atoms with van der Waals surface area (Å²) in [4.78, 5) is 11.7. The lowest BCUT2D eigenvalue weighted by molar-refractivity contribution is -0.118. The molecule has 120 valence electrons. The molecule has 1 N–H and O–H groups in total. The molecule has 1 amide bonds. The lowest BCUT2D eigenvalue weighted by Gasteiger charge is -2.04. The van der Waals surface area contributed by atoms with Crippen LogP contribution in [0.2, 0.25) is 15.1 Å². The Bertz CT molecular complexity index is 702. The van der Waals surface area contributed by atoms with Gasteiger partial charge in [-0.05, 0) is 23.8 Å². The zero-order chi connectivity index (χ0) is 16.7. The predicted octanol–water partition coefficient (Wildman–Crippen LogP) is 5.03. The molecule has 0 aliphatic carbocycles. The molecule has 0 bridgehead atoms. The lowest BCUT2D eigenvalue weighted by atomic mass is 10.2. The molecule has 23 heavy (non-hydrogen) atoms. The minimum atomic E-state index is -0.207. The highest BCUT2D eigenvalue weighted by Gasteiger charge is 2.04. The van der Waals surface area contributed by atoms with Crippen LogP contribution in [0.1, 0.15) is 11.1 Å². The lowest BCUT2D eigenvalue weighted by Crippen LogP contribution is -2.19. The highest BCUT2D eigenvalue weighted by Crippen LogP contribution is 2.22. The van der Waals surface area contributed by atoms with E-state index in [2.05, 4.69) is 10.5 Å². The van der Waals surface area contributed by atoms with Crippen LogP contribution in [0, 0.1) is 0 Å². The Morgan fingerprint density at radius 1 is 1.04 bits per heavy atom. The van der Waals surface area contributed by atoms with Crippen molar-refractivity contribution in [2.24, 2.45) is 5.10 Å². The maximum atomic E-state index is 11.7. The molecule has 3 nitrogen and oxygen atoms in total. The fourth-order valence-electron chi connectivity index (χ4n) is 1.70. The molecular weight excluding hydrogens is 375 g/mol. The van der Waals surface area contributed by atoms with Crippen LogP contribution < -0.4 is 5.43 Å². The number of carbonyl (C=O) groups excluding carboxylic acids is 1. The highest BCUT2D eigenvalue weighted by molar-refractivity contribution is 7.99. The van der Waals surface area contributed by atoms with E-state index >= 15 is 0 Å². The summed E-state index contributed by atoms with van der Waals surface area (Å²) < 4.78 is 0. The predicted molar refractivity (Wildman–Crippen MR) is 99.8 cm³/mol. The summed E-state index contributed by atoms with van der Waals surface area (Å²) in [5.74, 6) is 0.730. The number of hydrazone groups is 1. The molecule has 0 saturated carbocycles. The molecule has 0 unspecified atom stereocenters. The van der Waals surface area contributed by atoms with E-state index in [9.17, 15) is 4.79 Å². The van der Waals surface area contributed by atoms with Gasteiger partial charge in [-0.1, -0.05) is 59.1 Å². The number of hydrogen-bond acceptors (Lipinski definition) is 3. The highest BCUT2D eigenvalue weighted by atomic mass is 35.5. The van der Waals surface area contributed by atoms with Crippen molar-refractivity contribution in [3.05, 3.63) is 68.7 Å². The molecule has 0 spiro atoms. The molecule has 0 aliphatic rings. The van der Waals surface area contributed by atoms with Crippen molar-refractivity contribution in [2.45, 2.75) is 5.75 Å². The minimum Gasteiger partial charge on any atom is -0.272 e. The first-order valence-electron chi connectivity index (χ1n) is 6.65. The molecule has 0 saturated heterocycles. The Morgan fingerprint density at radius 3 is 2.39 bits per heavy atom. The van der Waals surface area contributed by atoms with Crippen molar-refractivity contribution >= 4 is 58.7 Å². The van der Waals surface area contributed by atoms with Gasteiger partial charge < -0.3 is 0 Å². The van der Waals surface area contributed by atoms with Gasteiger partial charge in [0.25, 0.3) is 0 Å². The average Bonchev–Trinajstić information content (AvgIpc) is 2.52. The van der Waals surface area contributed by atoms with Gasteiger partial charge in [-0.3, -0.25) is 4.79 Å². The van der Waals surface area contributed by atoms with Gasteiger partial charge in [-0.2, -0.15) is 5.10 Å². The molecule has 2 aromatic carbocycles. The number of nitrogens with one attached hydrogen (secondary N) is 1. The third kappa shape index (κ3) is 5.74. The topological polar surface area (TPSA) is 41.5 Å². The third-order valence-corrected chi connectivity index (χ3v) is 4.84. The molecule has 0 heterocycles. The van der Waals surface area contributed by atoms with Crippen molar-refractivity contribution in [1.82, 2.24) is 5.43 Å². The van der Waals surface area contributed by atoms with Crippen LogP contribution in [-0.2, 0) is 10.5 Å². The van der Waals surface area contributed by atoms with Crippen molar-refractivity contribution in [3.8, 4) is 0 Å². The molecule has 2 rings (SSSR count). The Hall–Kier alpha value is -1.20. The number of carbonyl (C=O) groups is 1. The molecule has 2 aromatic rings. The summed E-state index contributed by atoms with van der Waals surface area (Å²) in [7, 11) is 0. The monoisotopic (exact) mass is 386 g/mol. The fourth-order valence-corrected chi connectivity index (χ4v) is 3.30. The van der Waals surface area contributed by atoms with E-state index in [0.717, 1.165) is 5.56 Å². The Labute approximate surface area is 154 Å². The number of nitrogens with zero attached hydrogens (tertiary/aromatic N) is 1. The quantitative estimate of drug-likeness (QED) is 0.558. The Kier molecular flexibility index (Phi) is 7.24. The van der Waals surface area contributed by atoms with E-state index < -0.39 is 0 Å². The van der Waals surface area contributed by atoms with Gasteiger partial charge >= 0.3 is 0 Å². The summed E-state index contributed by atoms with van der Waals surface area (Å²) in [6.45, 7) is 0. The number of hydrogen-bond donors (Lipinski definition) is 1. The van der Waals surface area contributed by atoms with Crippen molar-refractivity contribution in [3.63, 3.8) is 0 Å². The maximum absolute atomic E-state index is 11.7. The van der Waals surface area contributed by atoms with Gasteiger partial charge in [0, 0.05) is 16.3 Å². The van der Waals surface area contributed by atoms with Gasteiger partial charge in [-0.25, -0.2) is 5.43 Å². The zero-order valence-electron chi connectivity index (χ0n) is 11.9. The minimum absolute atomic E-state index is 0.207. The smallest absolute Gasteiger partial charge is 0.250 e. The second-order valence-corrected chi connectivity index (χ2v) is 6.72. The summed E-state index contributed by atoms with van der Waals surface area (Å²) in [6.07, 6.45) is 1.43. The van der Waals surface area contributed by atoms with E-state index in [1.807, 2.05) is 24.3 Å². The van der Waals surface area contributed by atoms with E-state index in [1.54, 1.807) is 18.2 Å². The second kappa shape index (κ2) is 9.18. The van der Waals surface area contributed by atoms with Crippen LogP contribution in [0.5, 0.6) is 0 Å². The van der Waals surface area contributed by atoms with Gasteiger partial charge in [-0.15, -0.1) is 11.8 Å². The zero-order valence-corrected chi connectivity index (χ0v) is 15.0. The molecule has 0 aliphatic heterocycles. The van der Waals surface area contributed by atoms with Crippen LogP contribution in [-0.4, -0.2) is 17.9 Å². The van der Waals surface area contributed by atoms with E-state index in [-0.39, 0.29) is 11.7 Å². The van der Waals surface area contributed by atoms with Gasteiger partial charge in [0.15, 0.2) is 0 Å². The SMILES string of the molecule is O=C(CSCc1ccccc1Cl)NN=Cc1c(Cl)cccc1Cl. The van der Waals surface area contributed by atoms with E-state index in [4.69, 9.17) is 34.8 Å². The average molecular weight is 388 g/mol. The summed E-state index contributed by atoms with van der Waals surface area (Å²) in [6, 6.07) is 12.7. The number of amides is 1. The molecule has 0 radical (unpaired) electrons. The normalized spacial score (nSPS) is 10.9. The first-order valence-corrected chi connectivity index (χ1v) is 8.94. The number of halogens is 3. The molecule has 0 aromatic heterocycles. The first kappa shape index (κ1) is 18.1. The summed E-state index contributed by atoms with van der Waals surface area (Å²) >= 11 is 19.5. The Morgan fingerprint density at radius 2 is 1.70 bits per heavy atom. The number of thioether (sulfide) groups is 1. The third-order valence-electron chi connectivity index (χ3n) is 2.83. The van der Waals surface area contributed by atoms with Crippen molar-refractivity contribution < 1.29 is 4.79 Å².